The van der Waals surface area contributed by atoms with E-state index in [2.05, 4.69) is 15.0 Å². The number of benzene rings is 1. The monoisotopic (exact) mass is 401 g/mol. The van der Waals surface area contributed by atoms with Crippen LogP contribution in [0.2, 0.25) is 0 Å². The van der Waals surface area contributed by atoms with Crippen LogP contribution in [0.1, 0.15) is 5.56 Å². The second-order valence-corrected chi connectivity index (χ2v) is 8.32. The van der Waals surface area contributed by atoms with Gasteiger partial charge in [-0.3, -0.25) is 4.79 Å². The van der Waals surface area contributed by atoms with Crippen molar-refractivity contribution in [2.45, 2.75) is 11.9 Å². The molecule has 0 unspecified atom stereocenters. The lowest BCUT2D eigenvalue weighted by atomic mass is 10.1. The first kappa shape index (κ1) is 18.0. The van der Waals surface area contributed by atoms with Crippen molar-refractivity contribution in [1.82, 2.24) is 15.0 Å². The number of amides is 1. The standard InChI is InChI=1S/C18H19N5O2S2/c1-11-4-5-13-12(8-11)23(6-7-25-13)14(24)9-26-17-15-16(19-10-20-17)21-18(27-15)22(2)3/h4-5,8,10H,6-7,9H2,1-3H3. The summed E-state index contributed by atoms with van der Waals surface area (Å²) in [5, 5.41) is 1.66. The third-order valence-electron chi connectivity index (χ3n) is 4.14. The maximum absolute atomic E-state index is 12.9. The molecule has 0 aliphatic carbocycles. The first-order valence-electron chi connectivity index (χ1n) is 8.48. The van der Waals surface area contributed by atoms with Crippen LogP contribution in [0, 0.1) is 6.92 Å². The van der Waals surface area contributed by atoms with E-state index in [9.17, 15) is 4.79 Å². The number of anilines is 2. The van der Waals surface area contributed by atoms with Gasteiger partial charge in [0.15, 0.2) is 10.8 Å². The van der Waals surface area contributed by atoms with Crippen molar-refractivity contribution < 1.29 is 9.53 Å². The van der Waals surface area contributed by atoms with Crippen LogP contribution in [0.4, 0.5) is 10.8 Å². The first-order valence-corrected chi connectivity index (χ1v) is 10.3. The molecule has 3 heterocycles. The molecule has 0 saturated heterocycles. The van der Waals surface area contributed by atoms with Gasteiger partial charge in [-0.05, 0) is 24.6 Å². The smallest absolute Gasteiger partial charge is 0.237 e. The average Bonchev–Trinajstić information content (AvgIpc) is 3.11. The summed E-state index contributed by atoms with van der Waals surface area (Å²) in [6.45, 7) is 3.07. The summed E-state index contributed by atoms with van der Waals surface area (Å²) in [4.78, 5) is 29.7. The van der Waals surface area contributed by atoms with Crippen LogP contribution in [0.3, 0.4) is 0 Å². The van der Waals surface area contributed by atoms with Gasteiger partial charge in [0.25, 0.3) is 0 Å². The number of aromatic nitrogens is 3. The molecule has 3 aromatic rings. The summed E-state index contributed by atoms with van der Waals surface area (Å²) in [7, 11) is 3.89. The largest absolute Gasteiger partial charge is 0.490 e. The Kier molecular flexibility index (Phi) is 4.88. The highest BCUT2D eigenvalue weighted by atomic mass is 32.2. The van der Waals surface area contributed by atoms with Crippen molar-refractivity contribution in [1.29, 1.82) is 0 Å². The highest BCUT2D eigenvalue weighted by molar-refractivity contribution is 8.00. The van der Waals surface area contributed by atoms with E-state index < -0.39 is 0 Å². The Morgan fingerprint density at radius 1 is 1.37 bits per heavy atom. The molecule has 1 aliphatic heterocycles. The Morgan fingerprint density at radius 2 is 2.22 bits per heavy atom. The summed E-state index contributed by atoms with van der Waals surface area (Å²) >= 11 is 2.96. The van der Waals surface area contributed by atoms with Gasteiger partial charge in [-0.2, -0.15) is 4.98 Å². The summed E-state index contributed by atoms with van der Waals surface area (Å²) < 4.78 is 6.59. The first-order chi connectivity index (χ1) is 13.0. The summed E-state index contributed by atoms with van der Waals surface area (Å²) in [6, 6.07) is 5.91. The fourth-order valence-electron chi connectivity index (χ4n) is 2.81. The van der Waals surface area contributed by atoms with Gasteiger partial charge in [-0.15, -0.1) is 0 Å². The third-order valence-corrected chi connectivity index (χ3v) is 6.46. The van der Waals surface area contributed by atoms with Gasteiger partial charge in [0, 0.05) is 14.1 Å². The second kappa shape index (κ2) is 7.32. The van der Waals surface area contributed by atoms with E-state index in [1.54, 1.807) is 4.90 Å². The molecule has 0 N–H and O–H groups in total. The number of fused-ring (bicyclic) bond motifs is 2. The average molecular weight is 402 g/mol. The molecule has 0 fully saturated rings. The lowest BCUT2D eigenvalue weighted by Crippen LogP contribution is -2.39. The summed E-state index contributed by atoms with van der Waals surface area (Å²) in [6.07, 6.45) is 1.50. The molecule has 0 spiro atoms. The van der Waals surface area contributed by atoms with Gasteiger partial charge in [-0.25, -0.2) is 9.97 Å². The summed E-state index contributed by atoms with van der Waals surface area (Å²) in [5.41, 5.74) is 2.61. The van der Waals surface area contributed by atoms with E-state index in [1.165, 1.54) is 29.4 Å². The van der Waals surface area contributed by atoms with Gasteiger partial charge in [0.05, 0.1) is 18.0 Å². The fourth-order valence-corrected chi connectivity index (χ4v) is 4.70. The Hall–Kier alpha value is -2.39. The Bertz CT molecular complexity index is 1000. The van der Waals surface area contributed by atoms with E-state index in [0.29, 0.717) is 24.6 Å². The maximum Gasteiger partial charge on any atom is 0.237 e. The number of hydrogen-bond acceptors (Lipinski definition) is 8. The van der Waals surface area contributed by atoms with E-state index >= 15 is 0 Å². The van der Waals surface area contributed by atoms with Crippen molar-refractivity contribution in [2.75, 3.05) is 42.8 Å². The van der Waals surface area contributed by atoms with E-state index in [1.807, 2.05) is 44.1 Å². The molecule has 9 heteroatoms. The molecule has 0 saturated carbocycles. The van der Waals surface area contributed by atoms with Crippen LogP contribution in [0.15, 0.2) is 29.6 Å². The Balaban J connectivity index is 1.54. The van der Waals surface area contributed by atoms with Gasteiger partial charge in [0.2, 0.25) is 5.91 Å². The van der Waals surface area contributed by atoms with Gasteiger partial charge in [0.1, 0.15) is 28.4 Å². The van der Waals surface area contributed by atoms with E-state index in [-0.39, 0.29) is 5.91 Å². The molecule has 7 nitrogen and oxygen atoms in total. The molecular formula is C18H19N5O2S2. The number of nitrogens with zero attached hydrogens (tertiary/aromatic N) is 5. The fraction of sp³-hybridized carbons (Fsp3) is 0.333. The lowest BCUT2D eigenvalue weighted by Gasteiger charge is -2.29. The van der Waals surface area contributed by atoms with Crippen LogP contribution in [0.25, 0.3) is 10.3 Å². The number of hydrogen-bond donors (Lipinski definition) is 0. The van der Waals surface area contributed by atoms with Gasteiger partial charge in [-0.1, -0.05) is 29.2 Å². The molecule has 1 aliphatic rings. The second-order valence-electron chi connectivity index (χ2n) is 6.38. The van der Waals surface area contributed by atoms with Crippen LogP contribution in [0.5, 0.6) is 5.75 Å². The van der Waals surface area contributed by atoms with Gasteiger partial charge >= 0.3 is 0 Å². The molecule has 1 amide bonds. The molecule has 2 aromatic heterocycles. The van der Waals surface area contributed by atoms with Crippen molar-refractivity contribution in [3.63, 3.8) is 0 Å². The van der Waals surface area contributed by atoms with Crippen LogP contribution >= 0.6 is 23.1 Å². The minimum Gasteiger partial charge on any atom is -0.490 e. The van der Waals surface area contributed by atoms with E-state index in [0.717, 1.165) is 31.9 Å². The number of thioether (sulfide) groups is 1. The molecule has 27 heavy (non-hydrogen) atoms. The molecule has 4 rings (SSSR count). The van der Waals surface area contributed by atoms with Crippen LogP contribution in [-0.4, -0.2) is 53.9 Å². The molecule has 0 bridgehead atoms. The quantitative estimate of drug-likeness (QED) is 0.492. The Labute approximate surface area is 165 Å². The van der Waals surface area contributed by atoms with Crippen molar-refractivity contribution in [2.24, 2.45) is 0 Å². The normalized spacial score (nSPS) is 13.4. The minimum atomic E-state index is 0.0410. The molecule has 0 atom stereocenters. The highest BCUT2D eigenvalue weighted by Gasteiger charge is 2.24. The van der Waals surface area contributed by atoms with E-state index in [4.69, 9.17) is 4.74 Å². The minimum absolute atomic E-state index is 0.0410. The van der Waals surface area contributed by atoms with Crippen molar-refractivity contribution in [3.8, 4) is 5.75 Å². The maximum atomic E-state index is 12.9. The van der Waals surface area contributed by atoms with Gasteiger partial charge < -0.3 is 14.5 Å². The zero-order valence-corrected chi connectivity index (χ0v) is 16.9. The Morgan fingerprint density at radius 3 is 3.04 bits per heavy atom. The zero-order valence-electron chi connectivity index (χ0n) is 15.3. The molecule has 140 valence electrons. The number of rotatable bonds is 4. The molecule has 1 aromatic carbocycles. The number of aryl methyl sites for hydroxylation is 1. The number of carbonyl (C=O) groups excluding carboxylic acids is 1. The third kappa shape index (κ3) is 3.57. The predicted octanol–water partition coefficient (Wildman–Crippen LogP) is 2.98. The number of thiazole rings is 1. The van der Waals surface area contributed by atoms with Crippen LogP contribution < -0.4 is 14.5 Å². The highest BCUT2D eigenvalue weighted by Crippen LogP contribution is 2.35. The lowest BCUT2D eigenvalue weighted by molar-refractivity contribution is -0.116. The summed E-state index contributed by atoms with van der Waals surface area (Å²) in [5.74, 6) is 1.10. The predicted molar refractivity (Wildman–Crippen MR) is 109 cm³/mol. The molecule has 0 radical (unpaired) electrons. The van der Waals surface area contributed by atoms with Crippen LogP contribution in [-0.2, 0) is 4.79 Å². The number of carbonyl (C=O) groups is 1. The molecular weight excluding hydrogens is 382 g/mol. The van der Waals surface area contributed by atoms with Crippen molar-refractivity contribution >= 4 is 50.2 Å². The zero-order chi connectivity index (χ0) is 19.0. The SMILES string of the molecule is Cc1ccc2c(c1)N(C(=O)CSc1ncnc3nc(N(C)C)sc13)CCO2. The van der Waals surface area contributed by atoms with Crippen molar-refractivity contribution in [3.05, 3.63) is 30.1 Å². The topological polar surface area (TPSA) is 71.5 Å². The number of ether oxygens (including phenoxy) is 1.